The van der Waals surface area contributed by atoms with Gasteiger partial charge in [0.25, 0.3) is 5.91 Å². The van der Waals surface area contributed by atoms with Gasteiger partial charge in [0.2, 0.25) is 0 Å². The second kappa shape index (κ2) is 14.0. The lowest BCUT2D eigenvalue weighted by atomic mass is 9.86. The van der Waals surface area contributed by atoms with Crippen LogP contribution < -0.4 is 25.5 Å². The van der Waals surface area contributed by atoms with Crippen molar-refractivity contribution in [2.24, 2.45) is 0 Å². The summed E-state index contributed by atoms with van der Waals surface area (Å²) in [6.07, 6.45) is 9.11. The van der Waals surface area contributed by atoms with Gasteiger partial charge in [0.1, 0.15) is 27.9 Å². The number of allylic oxidation sites excluding steroid dienone is 5. The number of amides is 1. The largest absolute Gasteiger partial charge is 0.493 e. The van der Waals surface area contributed by atoms with Gasteiger partial charge in [-0.15, -0.1) is 0 Å². The number of aromatic carboxylic acids is 1. The lowest BCUT2D eigenvalue weighted by Crippen LogP contribution is -2.49. The molecule has 2 aliphatic heterocycles. The Balaban J connectivity index is 1.24. The van der Waals surface area contributed by atoms with Gasteiger partial charge in [-0.3, -0.25) is 4.79 Å². The number of unbranched alkanes of at least 4 members (excludes halogenated alkanes) is 2. The monoisotopic (exact) mass is 675 g/mol. The molecule has 3 aromatic carbocycles. The Morgan fingerprint density at radius 1 is 1.00 bits per heavy atom. The van der Waals surface area contributed by atoms with Crippen LogP contribution in [0.5, 0.6) is 5.75 Å². The maximum atomic E-state index is 13.5. The predicted molar refractivity (Wildman–Crippen MR) is 201 cm³/mol. The zero-order valence-corrected chi connectivity index (χ0v) is 30.4. The van der Waals surface area contributed by atoms with E-state index in [1.165, 1.54) is 15.9 Å². The number of carboxylic acid groups (broad SMARTS) is 1. The molecule has 254 valence electrons. The standard InChI is InChI=1S/C40H46N4O4Si/c1-43(2)27-15-18-31-36(23-27)49(5,6)37-24-28(44(3)4)16-19-32(37)38(31)33-22-26(14-17-29(33)40(46)47)39(45)41-20-10-7-11-21-48-35-13-9-8-12-30(35)34-25-42-34/h8-9,12-19,22-24,34,42H,7,10-11,20-21,25H2,1-6H3,(H-,41,45,46,47)/p+1. The number of hydrogen-bond donors (Lipinski definition) is 3. The summed E-state index contributed by atoms with van der Waals surface area (Å²) in [6, 6.07) is 20.0. The fraction of sp³-hybridized carbons (Fsp3) is 0.325. The third-order valence-corrected chi connectivity index (χ3v) is 13.3. The normalized spacial score (nSPS) is 17.1. The Morgan fingerprint density at radius 2 is 1.78 bits per heavy atom. The number of carboxylic acids is 1. The molecule has 2 heterocycles. The topological polar surface area (TPSA) is 104 Å². The van der Waals surface area contributed by atoms with Crippen LogP contribution in [0, 0.1) is 0 Å². The van der Waals surface area contributed by atoms with Crippen molar-refractivity contribution in [2.45, 2.75) is 38.4 Å². The van der Waals surface area contributed by atoms with Crippen molar-refractivity contribution in [1.29, 1.82) is 0 Å². The molecule has 49 heavy (non-hydrogen) atoms. The number of carbonyl (C=O) groups is 2. The van der Waals surface area contributed by atoms with E-state index in [-0.39, 0.29) is 11.5 Å². The fourth-order valence-corrected chi connectivity index (χ4v) is 9.89. The summed E-state index contributed by atoms with van der Waals surface area (Å²) in [5.74, 6) is -0.292. The van der Waals surface area contributed by atoms with Gasteiger partial charge in [-0.25, -0.2) is 9.37 Å². The van der Waals surface area contributed by atoms with Crippen molar-refractivity contribution in [3.63, 3.8) is 0 Å². The molecule has 1 amide bonds. The predicted octanol–water partition coefficient (Wildman–Crippen LogP) is 5.55. The average Bonchev–Trinajstić information content (AvgIpc) is 3.93. The zero-order valence-electron chi connectivity index (χ0n) is 29.4. The van der Waals surface area contributed by atoms with Crippen molar-refractivity contribution in [1.82, 2.24) is 10.6 Å². The first-order valence-corrected chi connectivity index (χ1v) is 20.1. The van der Waals surface area contributed by atoms with Gasteiger partial charge in [-0.1, -0.05) is 37.4 Å². The van der Waals surface area contributed by atoms with Gasteiger partial charge in [-0.05, 0) is 94.4 Å². The van der Waals surface area contributed by atoms with Crippen LogP contribution in [0.15, 0.2) is 89.7 Å². The van der Waals surface area contributed by atoms with Crippen LogP contribution in [0.2, 0.25) is 13.1 Å². The van der Waals surface area contributed by atoms with Gasteiger partial charge < -0.3 is 25.4 Å². The number of benzene rings is 3. The van der Waals surface area contributed by atoms with E-state index in [4.69, 9.17) is 4.74 Å². The van der Waals surface area contributed by atoms with E-state index < -0.39 is 14.0 Å². The molecule has 3 aliphatic rings. The molecule has 6 rings (SSSR count). The van der Waals surface area contributed by atoms with Gasteiger partial charge in [-0.2, -0.15) is 0 Å². The highest BCUT2D eigenvalue weighted by Crippen LogP contribution is 2.43. The van der Waals surface area contributed by atoms with E-state index in [0.29, 0.717) is 30.3 Å². The van der Waals surface area contributed by atoms with Crippen LogP contribution >= 0.6 is 0 Å². The summed E-state index contributed by atoms with van der Waals surface area (Å²) in [6.45, 7) is 6.87. The highest BCUT2D eigenvalue weighted by atomic mass is 28.3. The highest BCUT2D eigenvalue weighted by molar-refractivity contribution is 6.98. The molecule has 1 fully saturated rings. The van der Waals surface area contributed by atoms with Gasteiger partial charge in [0, 0.05) is 62.2 Å². The van der Waals surface area contributed by atoms with Crippen LogP contribution in [0.1, 0.15) is 62.7 Å². The van der Waals surface area contributed by atoms with E-state index >= 15 is 0 Å². The van der Waals surface area contributed by atoms with E-state index in [0.717, 1.165) is 59.7 Å². The van der Waals surface area contributed by atoms with Gasteiger partial charge in [0.15, 0.2) is 5.71 Å². The maximum Gasteiger partial charge on any atom is 0.336 e. The fourth-order valence-electron chi connectivity index (χ4n) is 6.82. The van der Waals surface area contributed by atoms with Crippen LogP contribution in [-0.4, -0.2) is 83.2 Å². The summed E-state index contributed by atoms with van der Waals surface area (Å²) >= 11 is 0. The van der Waals surface area contributed by atoms with E-state index in [1.54, 1.807) is 18.2 Å². The van der Waals surface area contributed by atoms with Crippen LogP contribution in [-0.2, 0) is 0 Å². The van der Waals surface area contributed by atoms with E-state index in [2.05, 4.69) is 75.7 Å². The Labute approximate surface area is 290 Å². The maximum absolute atomic E-state index is 13.5. The summed E-state index contributed by atoms with van der Waals surface area (Å²) in [4.78, 5) is 28.3. The van der Waals surface area contributed by atoms with Crippen molar-refractivity contribution in [3.05, 3.63) is 117 Å². The van der Waals surface area contributed by atoms with Gasteiger partial charge in [0.05, 0.1) is 12.2 Å². The molecule has 0 radical (unpaired) electrons. The smallest absolute Gasteiger partial charge is 0.336 e. The Morgan fingerprint density at radius 3 is 2.49 bits per heavy atom. The SMILES string of the molecule is CN(C)c1ccc2c(c1)[Si](C)(C)C1=CC(=[N+](C)C)C=CC1=C2c1cc(C(=O)NCCCCCOc2ccccc2C2CN2)ccc1C(=O)O. The van der Waals surface area contributed by atoms with Gasteiger partial charge >= 0.3 is 5.97 Å². The number of fused-ring (bicyclic) bond motifs is 2. The second-order valence-corrected chi connectivity index (χ2v) is 18.3. The number of carbonyl (C=O) groups excluding carboxylic acids is 1. The first-order chi connectivity index (χ1) is 23.5. The Kier molecular flexibility index (Phi) is 9.76. The zero-order chi connectivity index (χ0) is 34.9. The van der Waals surface area contributed by atoms with E-state index in [9.17, 15) is 14.7 Å². The number of rotatable bonds is 12. The molecule has 3 N–H and O–H groups in total. The summed E-state index contributed by atoms with van der Waals surface area (Å²) in [5.41, 5.74) is 7.52. The minimum atomic E-state index is -2.21. The van der Waals surface area contributed by atoms with Crippen molar-refractivity contribution >= 4 is 42.1 Å². The number of hydrogen-bond acceptors (Lipinski definition) is 5. The molecule has 1 atom stereocenters. The third kappa shape index (κ3) is 7.05. The molecule has 8 nitrogen and oxygen atoms in total. The second-order valence-electron chi connectivity index (χ2n) is 14.0. The van der Waals surface area contributed by atoms with Crippen molar-refractivity contribution < 1.29 is 24.0 Å². The molecule has 0 aromatic heterocycles. The third-order valence-electron chi connectivity index (χ3n) is 9.77. The lowest BCUT2D eigenvalue weighted by Gasteiger charge is -2.38. The van der Waals surface area contributed by atoms with Crippen LogP contribution in [0.4, 0.5) is 5.69 Å². The van der Waals surface area contributed by atoms with E-state index in [1.807, 2.05) is 46.4 Å². The summed E-state index contributed by atoms with van der Waals surface area (Å²) < 4.78 is 8.16. The first kappa shape index (κ1) is 34.1. The number of anilines is 1. The first-order valence-electron chi connectivity index (χ1n) is 17.1. The molecular formula is C40H47N4O4Si+. The number of nitrogens with one attached hydrogen (secondary N) is 2. The van der Waals surface area contributed by atoms with Crippen molar-refractivity contribution in [3.8, 4) is 5.75 Å². The number of para-hydroxylation sites is 1. The summed E-state index contributed by atoms with van der Waals surface area (Å²) in [5, 5.41) is 19.3. The summed E-state index contributed by atoms with van der Waals surface area (Å²) in [7, 11) is 5.93. The minimum Gasteiger partial charge on any atom is -0.493 e. The molecule has 1 saturated heterocycles. The molecule has 0 spiro atoms. The Hall–Kier alpha value is -4.73. The quantitative estimate of drug-likeness (QED) is 0.101. The highest BCUT2D eigenvalue weighted by Gasteiger charge is 2.41. The van der Waals surface area contributed by atoms with Crippen LogP contribution in [0.25, 0.3) is 5.57 Å². The van der Waals surface area contributed by atoms with Crippen molar-refractivity contribution in [2.75, 3.05) is 52.8 Å². The van der Waals surface area contributed by atoms with Crippen LogP contribution in [0.3, 0.4) is 0 Å². The molecule has 1 unspecified atom stereocenters. The lowest BCUT2D eigenvalue weighted by molar-refractivity contribution is -0.462. The number of ether oxygens (including phenoxy) is 1. The molecular weight excluding hydrogens is 629 g/mol. The molecule has 0 saturated carbocycles. The minimum absolute atomic E-state index is 0.178. The molecule has 1 aliphatic carbocycles. The molecule has 9 heteroatoms. The molecule has 0 bridgehead atoms. The molecule has 3 aromatic rings. The Bertz CT molecular complexity index is 1930. The average molecular weight is 676 g/mol. The number of nitrogens with zero attached hydrogens (tertiary/aromatic N) is 2.